The van der Waals surface area contributed by atoms with Gasteiger partial charge in [-0.1, -0.05) is 0 Å². The van der Waals surface area contributed by atoms with Crippen LogP contribution in [-0.4, -0.2) is 44.5 Å². The van der Waals surface area contributed by atoms with Gasteiger partial charge >= 0.3 is 11.6 Å². The molecule has 110 valence electrons. The number of aromatic nitrogens is 2. The van der Waals surface area contributed by atoms with E-state index < -0.39 is 36.7 Å². The van der Waals surface area contributed by atoms with Crippen molar-refractivity contribution in [1.29, 1.82) is 0 Å². The van der Waals surface area contributed by atoms with Crippen molar-refractivity contribution >= 4 is 5.82 Å². The third kappa shape index (κ3) is 2.69. The Labute approximate surface area is 120 Å². The van der Waals surface area contributed by atoms with Crippen molar-refractivity contribution < 1.29 is 44.8 Å². The molecule has 1 aromatic heterocycles. The summed E-state index contributed by atoms with van der Waals surface area (Å²) in [6, 6.07) is 1.15. The topological polar surface area (TPSA) is 111 Å². The SMILES string of the molecule is Nc1ccn([C@@H]2O[C@H](CO)[C@@H](O)C2(F)F)c(=O)n1.[Pt]. The minimum atomic E-state index is -3.71. The predicted molar refractivity (Wildman–Crippen MR) is 54.9 cm³/mol. The number of anilines is 1. The number of aliphatic hydroxyl groups is 2. The van der Waals surface area contributed by atoms with Crippen LogP contribution in [0.3, 0.4) is 0 Å². The van der Waals surface area contributed by atoms with Gasteiger partial charge in [-0.2, -0.15) is 13.8 Å². The third-order valence-electron chi connectivity index (χ3n) is 2.66. The first-order valence-corrected chi connectivity index (χ1v) is 5.04. The van der Waals surface area contributed by atoms with E-state index in [9.17, 15) is 18.7 Å². The van der Waals surface area contributed by atoms with Crippen molar-refractivity contribution in [2.24, 2.45) is 0 Å². The van der Waals surface area contributed by atoms with Crippen LogP contribution in [0.4, 0.5) is 14.6 Å². The van der Waals surface area contributed by atoms with Crippen molar-refractivity contribution in [3.63, 3.8) is 0 Å². The molecule has 1 fully saturated rings. The first kappa shape index (κ1) is 16.2. The second-order valence-corrected chi connectivity index (χ2v) is 3.87. The maximum absolute atomic E-state index is 13.7. The molecule has 0 amide bonds. The van der Waals surface area contributed by atoms with Crippen molar-refractivity contribution in [1.82, 2.24) is 9.55 Å². The van der Waals surface area contributed by atoms with Crippen LogP contribution in [0.5, 0.6) is 0 Å². The molecule has 0 saturated carbocycles. The van der Waals surface area contributed by atoms with Crippen LogP contribution in [0.1, 0.15) is 6.23 Å². The average Bonchev–Trinajstić information content (AvgIpc) is 2.52. The first-order chi connectivity index (χ1) is 8.37. The molecule has 1 aliphatic heterocycles. The Kier molecular flexibility index (Phi) is 4.78. The summed E-state index contributed by atoms with van der Waals surface area (Å²) in [7, 11) is 0. The largest absolute Gasteiger partial charge is 0.394 e. The Balaban J connectivity index is 0.00000180. The summed E-state index contributed by atoms with van der Waals surface area (Å²) in [6.45, 7) is -0.787. The Bertz CT molecular complexity index is 512. The van der Waals surface area contributed by atoms with Crippen LogP contribution in [0.25, 0.3) is 0 Å². The van der Waals surface area contributed by atoms with E-state index in [2.05, 4.69) is 4.98 Å². The van der Waals surface area contributed by atoms with Crippen molar-refractivity contribution in [2.75, 3.05) is 12.3 Å². The number of nitrogens with zero attached hydrogens (tertiary/aromatic N) is 2. The van der Waals surface area contributed by atoms with E-state index in [0.29, 0.717) is 4.57 Å². The van der Waals surface area contributed by atoms with E-state index in [4.69, 9.17) is 15.6 Å². The second kappa shape index (κ2) is 5.62. The minimum Gasteiger partial charge on any atom is -0.394 e. The van der Waals surface area contributed by atoms with Gasteiger partial charge in [-0.05, 0) is 6.07 Å². The zero-order valence-electron chi connectivity index (χ0n) is 9.35. The first-order valence-electron chi connectivity index (χ1n) is 5.04. The number of hydrogen-bond donors (Lipinski definition) is 3. The fraction of sp³-hybridized carbons (Fsp3) is 0.556. The van der Waals surface area contributed by atoms with Gasteiger partial charge in [0.1, 0.15) is 11.9 Å². The number of hydrogen-bond acceptors (Lipinski definition) is 6. The molecule has 10 heteroatoms. The molecule has 0 spiro atoms. The van der Waals surface area contributed by atoms with Crippen LogP contribution < -0.4 is 11.4 Å². The summed E-state index contributed by atoms with van der Waals surface area (Å²) < 4.78 is 32.7. The molecule has 1 saturated heterocycles. The van der Waals surface area contributed by atoms with Gasteiger partial charge in [-0.3, -0.25) is 4.57 Å². The smallest absolute Gasteiger partial charge is 0.351 e. The van der Waals surface area contributed by atoms with Crippen LogP contribution in [0, 0.1) is 0 Å². The molecule has 1 aromatic rings. The van der Waals surface area contributed by atoms with Crippen LogP contribution in [0.15, 0.2) is 17.1 Å². The van der Waals surface area contributed by atoms with Crippen LogP contribution in [-0.2, 0) is 25.8 Å². The van der Waals surface area contributed by atoms with E-state index in [0.717, 1.165) is 12.3 Å². The molecule has 2 rings (SSSR count). The van der Waals surface area contributed by atoms with Gasteiger partial charge < -0.3 is 20.7 Å². The molecule has 0 radical (unpaired) electrons. The molecule has 1 aliphatic rings. The summed E-state index contributed by atoms with van der Waals surface area (Å²) in [4.78, 5) is 14.7. The van der Waals surface area contributed by atoms with Crippen LogP contribution >= 0.6 is 0 Å². The molecule has 19 heavy (non-hydrogen) atoms. The van der Waals surface area contributed by atoms with Gasteiger partial charge in [0.05, 0.1) is 6.61 Å². The maximum atomic E-state index is 13.7. The van der Waals surface area contributed by atoms with Crippen molar-refractivity contribution in [3.05, 3.63) is 22.7 Å². The van der Waals surface area contributed by atoms with E-state index in [1.165, 1.54) is 0 Å². The number of halogens is 2. The van der Waals surface area contributed by atoms with E-state index in [1.807, 2.05) is 0 Å². The van der Waals surface area contributed by atoms with Gasteiger partial charge in [-0.15, -0.1) is 0 Å². The molecule has 0 aromatic carbocycles. The van der Waals surface area contributed by atoms with Gasteiger partial charge in [0.2, 0.25) is 6.23 Å². The van der Waals surface area contributed by atoms with Crippen molar-refractivity contribution in [3.8, 4) is 0 Å². The van der Waals surface area contributed by atoms with E-state index >= 15 is 0 Å². The zero-order valence-corrected chi connectivity index (χ0v) is 11.6. The fourth-order valence-corrected chi connectivity index (χ4v) is 1.72. The summed E-state index contributed by atoms with van der Waals surface area (Å²) in [5.74, 6) is -3.83. The molecule has 3 atom stereocenters. The second-order valence-electron chi connectivity index (χ2n) is 3.87. The van der Waals surface area contributed by atoms with E-state index in [1.54, 1.807) is 0 Å². The zero-order chi connectivity index (χ0) is 13.5. The molecule has 0 bridgehead atoms. The molecular formula is C9H11F2N3O4Pt. The molecular weight excluding hydrogens is 447 g/mol. The molecule has 2 heterocycles. The van der Waals surface area contributed by atoms with Gasteiger partial charge in [0.25, 0.3) is 0 Å². The third-order valence-corrected chi connectivity index (χ3v) is 2.66. The molecule has 0 unspecified atom stereocenters. The van der Waals surface area contributed by atoms with Gasteiger partial charge in [-0.25, -0.2) is 4.79 Å². The standard InChI is InChI=1S/C9H11F2N3O4.Pt/c10-9(11)6(16)4(3-15)18-7(9)14-2-1-5(12)13-8(14)17;/h1-2,4,6-7,15-16H,3H2,(H2,12,13,17);/t4-,6-,7-;/m1./s1. The Morgan fingerprint density at radius 3 is 2.68 bits per heavy atom. The fourth-order valence-electron chi connectivity index (χ4n) is 1.72. The Hall–Kier alpha value is -0.892. The quantitative estimate of drug-likeness (QED) is 0.509. The molecule has 4 N–H and O–H groups in total. The summed E-state index contributed by atoms with van der Waals surface area (Å²) in [6.07, 6.45) is -4.69. The number of rotatable bonds is 2. The van der Waals surface area contributed by atoms with Gasteiger partial charge in [0.15, 0.2) is 6.10 Å². The predicted octanol–water partition coefficient (Wildman–Crippen LogP) is -1.29. The van der Waals surface area contributed by atoms with E-state index in [-0.39, 0.29) is 26.9 Å². The minimum absolute atomic E-state index is 0. The summed E-state index contributed by atoms with van der Waals surface area (Å²) >= 11 is 0. The number of alkyl halides is 2. The Morgan fingerprint density at radius 1 is 1.58 bits per heavy atom. The Morgan fingerprint density at radius 2 is 2.21 bits per heavy atom. The molecule has 0 aliphatic carbocycles. The number of nitrogen functional groups attached to an aromatic ring is 1. The average molecular weight is 458 g/mol. The molecule has 7 nitrogen and oxygen atoms in total. The number of aliphatic hydroxyl groups excluding tert-OH is 2. The maximum Gasteiger partial charge on any atom is 0.351 e. The monoisotopic (exact) mass is 458 g/mol. The summed E-state index contributed by atoms with van der Waals surface area (Å²) in [5, 5.41) is 18.1. The van der Waals surface area contributed by atoms with Gasteiger partial charge in [0, 0.05) is 27.3 Å². The van der Waals surface area contributed by atoms with Crippen molar-refractivity contribution in [2.45, 2.75) is 24.4 Å². The van der Waals surface area contributed by atoms with Crippen LogP contribution in [0.2, 0.25) is 0 Å². The number of nitrogens with two attached hydrogens (primary N) is 1. The number of ether oxygens (including phenoxy) is 1. The summed E-state index contributed by atoms with van der Waals surface area (Å²) in [5.41, 5.74) is 4.21. The normalized spacial score (nSPS) is 28.9.